The number of carbonyl (C=O) groups is 1. The summed E-state index contributed by atoms with van der Waals surface area (Å²) in [6.07, 6.45) is 3.17. The Morgan fingerprint density at radius 2 is 1.94 bits per heavy atom. The first-order valence-corrected chi connectivity index (χ1v) is 13.0. The van der Waals surface area contributed by atoms with Crippen molar-refractivity contribution in [1.82, 2.24) is 4.98 Å². The van der Waals surface area contributed by atoms with E-state index in [1.807, 2.05) is 18.2 Å². The molecular formula is C25H28N4OS2. The number of aromatic nitrogens is 1. The van der Waals surface area contributed by atoms with Crippen molar-refractivity contribution in [3.8, 4) is 0 Å². The van der Waals surface area contributed by atoms with Crippen molar-refractivity contribution < 1.29 is 4.79 Å². The van der Waals surface area contributed by atoms with Crippen molar-refractivity contribution in [2.24, 2.45) is 22.7 Å². The van der Waals surface area contributed by atoms with Crippen LogP contribution < -0.4 is 10.6 Å². The maximum absolute atomic E-state index is 12.6. The van der Waals surface area contributed by atoms with Crippen LogP contribution in [0.15, 0.2) is 53.5 Å². The highest BCUT2D eigenvalue weighted by molar-refractivity contribution is 8.27. The number of hydrogen-bond donors (Lipinski definition) is 2. The minimum absolute atomic E-state index is 0.185. The molecule has 0 saturated heterocycles. The fourth-order valence-electron chi connectivity index (χ4n) is 4.54. The lowest BCUT2D eigenvalue weighted by Gasteiger charge is -2.17. The highest BCUT2D eigenvalue weighted by Gasteiger charge is 2.46. The molecule has 0 radical (unpaired) electrons. The molecule has 1 saturated carbocycles. The molecule has 1 aliphatic carbocycles. The largest absolute Gasteiger partial charge is 0.361 e. The van der Waals surface area contributed by atoms with Crippen molar-refractivity contribution in [3.05, 3.63) is 54.1 Å². The minimum Gasteiger partial charge on any atom is -0.361 e. The Bertz CT molecular complexity index is 1110. The Morgan fingerprint density at radius 1 is 1.16 bits per heavy atom. The number of fused-ring (bicyclic) bond motifs is 1. The zero-order chi connectivity index (χ0) is 22.1. The van der Waals surface area contributed by atoms with Gasteiger partial charge in [0.25, 0.3) is 0 Å². The Hall–Kier alpha value is -2.38. The lowest BCUT2D eigenvalue weighted by molar-refractivity contribution is -0.112. The van der Waals surface area contributed by atoms with Crippen molar-refractivity contribution in [2.75, 3.05) is 17.2 Å². The molecule has 7 heteroatoms. The maximum atomic E-state index is 12.6. The van der Waals surface area contributed by atoms with Crippen molar-refractivity contribution in [1.29, 1.82) is 0 Å². The molecule has 32 heavy (non-hydrogen) atoms. The Morgan fingerprint density at radius 3 is 2.66 bits per heavy atom. The van der Waals surface area contributed by atoms with Gasteiger partial charge in [-0.2, -0.15) is 0 Å². The fraction of sp³-hybridized carbons (Fsp3) is 0.400. The van der Waals surface area contributed by atoms with E-state index in [2.05, 4.69) is 59.8 Å². The van der Waals surface area contributed by atoms with Gasteiger partial charge in [0.05, 0.1) is 10.2 Å². The van der Waals surface area contributed by atoms with E-state index in [0.717, 1.165) is 46.8 Å². The van der Waals surface area contributed by atoms with Crippen molar-refractivity contribution in [2.45, 2.75) is 39.2 Å². The summed E-state index contributed by atoms with van der Waals surface area (Å²) in [4.78, 5) is 21.9. The number of amidine groups is 1. The van der Waals surface area contributed by atoms with Crippen LogP contribution in [0, 0.1) is 17.8 Å². The van der Waals surface area contributed by atoms with Gasteiger partial charge in [-0.25, -0.2) is 9.98 Å². The molecule has 1 aliphatic heterocycles. The van der Waals surface area contributed by atoms with Crippen LogP contribution in [-0.2, 0) is 11.2 Å². The number of nitrogens with one attached hydrogen (secondary N) is 2. The highest BCUT2D eigenvalue weighted by Crippen LogP contribution is 2.48. The van der Waals surface area contributed by atoms with E-state index in [1.165, 1.54) is 28.4 Å². The molecule has 2 aromatic carbocycles. The molecule has 166 valence electrons. The van der Waals surface area contributed by atoms with E-state index in [4.69, 9.17) is 4.99 Å². The predicted octanol–water partition coefficient (Wildman–Crippen LogP) is 6.04. The van der Waals surface area contributed by atoms with Crippen LogP contribution in [0.25, 0.3) is 10.2 Å². The molecule has 5 nitrogen and oxygen atoms in total. The van der Waals surface area contributed by atoms with Gasteiger partial charge in [0.2, 0.25) is 5.12 Å². The van der Waals surface area contributed by atoms with Crippen molar-refractivity contribution >= 4 is 54.4 Å². The fourth-order valence-corrected chi connectivity index (χ4v) is 6.30. The summed E-state index contributed by atoms with van der Waals surface area (Å²) in [6, 6.07) is 16.4. The zero-order valence-electron chi connectivity index (χ0n) is 18.4. The smallest absolute Gasteiger partial charge is 0.221 e. The molecule has 4 atom stereocenters. The highest BCUT2D eigenvalue weighted by atomic mass is 32.2. The maximum Gasteiger partial charge on any atom is 0.221 e. The normalized spacial score (nSPS) is 23.2. The van der Waals surface area contributed by atoms with Crippen LogP contribution >= 0.6 is 23.1 Å². The van der Waals surface area contributed by atoms with Crippen LogP contribution in [-0.4, -0.2) is 27.9 Å². The second-order valence-electron chi connectivity index (χ2n) is 8.73. The summed E-state index contributed by atoms with van der Waals surface area (Å²) < 4.78 is 1.20. The number of nitrogens with zero attached hydrogens (tertiary/aromatic N) is 2. The van der Waals surface area contributed by atoms with Crippen LogP contribution in [0.3, 0.4) is 0 Å². The van der Waals surface area contributed by atoms with Gasteiger partial charge >= 0.3 is 0 Å². The monoisotopic (exact) mass is 464 g/mol. The molecule has 1 aromatic heterocycles. The summed E-state index contributed by atoms with van der Waals surface area (Å²) >= 11 is 2.95. The van der Waals surface area contributed by atoms with Crippen molar-refractivity contribution in [3.63, 3.8) is 0 Å². The third-order valence-electron chi connectivity index (χ3n) is 6.48. The van der Waals surface area contributed by atoms with E-state index >= 15 is 0 Å². The lowest BCUT2D eigenvalue weighted by atomic mass is 9.92. The number of thioether (sulfide) groups is 1. The van der Waals surface area contributed by atoms with E-state index in [0.29, 0.717) is 11.8 Å². The van der Waals surface area contributed by atoms with Gasteiger partial charge < -0.3 is 10.6 Å². The molecular weight excluding hydrogens is 436 g/mol. The van der Waals surface area contributed by atoms with Crippen LogP contribution in [0.1, 0.15) is 32.3 Å². The standard InChI is InChI=1S/C25H28N4OS2/c1-3-18(19-14-15(19)2)22-23(30)32-25(29-22)27-17-10-8-16(9-11-17)12-13-26-24-28-20-6-4-5-7-21(20)31-24/h4-11,15,18-19,22H,3,12-14H2,1-2H3,(H,26,28)(H,27,29)/t15-,18?,19?,22-/m0/s1. The van der Waals surface area contributed by atoms with Crippen LogP contribution in [0.2, 0.25) is 0 Å². The first-order chi connectivity index (χ1) is 15.6. The quantitative estimate of drug-likeness (QED) is 0.425. The molecule has 0 amide bonds. The van der Waals surface area contributed by atoms with E-state index in [1.54, 1.807) is 11.3 Å². The number of para-hydroxylation sites is 1. The second-order valence-corrected chi connectivity index (χ2v) is 10.8. The van der Waals surface area contributed by atoms with E-state index < -0.39 is 0 Å². The number of rotatable bonds is 8. The van der Waals surface area contributed by atoms with Gasteiger partial charge in [0, 0.05) is 12.2 Å². The lowest BCUT2D eigenvalue weighted by Crippen LogP contribution is -2.24. The van der Waals surface area contributed by atoms with Gasteiger partial charge in [-0.05, 0) is 72.2 Å². The summed E-state index contributed by atoms with van der Waals surface area (Å²) in [5.41, 5.74) is 3.27. The number of benzene rings is 2. The SMILES string of the molecule is CCC(C1C[C@@H]1C)[C@@H]1N=C(Nc2ccc(CCNc3nc4ccccc4s3)cc2)SC1=O. The molecule has 2 heterocycles. The number of hydrogen-bond acceptors (Lipinski definition) is 7. The Labute approximate surface area is 197 Å². The first-order valence-electron chi connectivity index (χ1n) is 11.4. The average molecular weight is 465 g/mol. The molecule has 5 rings (SSSR count). The van der Waals surface area contributed by atoms with Crippen LogP contribution in [0.5, 0.6) is 0 Å². The molecule has 1 fully saturated rings. The first kappa shape index (κ1) is 21.5. The van der Waals surface area contributed by atoms with Gasteiger partial charge in [-0.15, -0.1) is 0 Å². The van der Waals surface area contributed by atoms with Gasteiger partial charge in [-0.1, -0.05) is 55.9 Å². The summed E-state index contributed by atoms with van der Waals surface area (Å²) in [5.74, 6) is 1.78. The molecule has 2 N–H and O–H groups in total. The third kappa shape index (κ3) is 4.69. The average Bonchev–Trinajstić information content (AvgIpc) is 3.19. The zero-order valence-corrected chi connectivity index (χ0v) is 20.0. The molecule has 0 bridgehead atoms. The minimum atomic E-state index is -0.185. The number of thiazole rings is 1. The van der Waals surface area contributed by atoms with Gasteiger partial charge in [0.15, 0.2) is 10.3 Å². The third-order valence-corrected chi connectivity index (χ3v) is 8.32. The topological polar surface area (TPSA) is 66.4 Å². The summed E-state index contributed by atoms with van der Waals surface area (Å²) in [7, 11) is 0. The van der Waals surface area contributed by atoms with Gasteiger partial charge in [-0.3, -0.25) is 4.79 Å². The number of aliphatic imine (C=N–C) groups is 1. The predicted molar refractivity (Wildman–Crippen MR) is 137 cm³/mol. The second kappa shape index (κ2) is 9.24. The molecule has 3 aromatic rings. The summed E-state index contributed by atoms with van der Waals surface area (Å²) in [6.45, 7) is 5.29. The Balaban J connectivity index is 1.14. The molecule has 0 spiro atoms. The number of anilines is 2. The summed E-state index contributed by atoms with van der Waals surface area (Å²) in [5, 5.41) is 8.66. The van der Waals surface area contributed by atoms with Gasteiger partial charge in [0.1, 0.15) is 6.04 Å². The van der Waals surface area contributed by atoms with E-state index in [-0.39, 0.29) is 11.2 Å². The molecule has 2 aliphatic rings. The number of carbonyl (C=O) groups excluding carboxylic acids is 1. The Kier molecular flexibility index (Phi) is 6.20. The van der Waals surface area contributed by atoms with E-state index in [9.17, 15) is 4.79 Å². The molecule has 2 unspecified atom stereocenters. The van der Waals surface area contributed by atoms with Crippen LogP contribution in [0.4, 0.5) is 10.8 Å².